The average Bonchev–Trinajstić information content (AvgIpc) is 2.71. The number of hydrogen-bond donors (Lipinski definition) is 1. The molecular weight excluding hydrogens is 246 g/mol. The maximum atomic E-state index is 11.9. The summed E-state index contributed by atoms with van der Waals surface area (Å²) in [5.41, 5.74) is 2.61. The van der Waals surface area contributed by atoms with E-state index >= 15 is 0 Å². The van der Waals surface area contributed by atoms with Crippen LogP contribution >= 0.6 is 0 Å². The first-order valence-corrected chi connectivity index (χ1v) is 6.12. The Labute approximate surface area is 111 Å². The normalized spacial score (nSPS) is 18.8. The number of rotatable bonds is 3. The molecule has 0 aromatic heterocycles. The van der Waals surface area contributed by atoms with Gasteiger partial charge < -0.3 is 14.7 Å². The average molecular weight is 263 g/mol. The van der Waals surface area contributed by atoms with E-state index in [2.05, 4.69) is 0 Å². The fourth-order valence-electron chi connectivity index (χ4n) is 2.53. The predicted octanol–water partition coefficient (Wildman–Crippen LogP) is 1.75. The van der Waals surface area contributed by atoms with Gasteiger partial charge in [0.15, 0.2) is 0 Å². The Morgan fingerprint density at radius 1 is 1.37 bits per heavy atom. The summed E-state index contributed by atoms with van der Waals surface area (Å²) < 4.78 is 5.28. The Kier molecular flexibility index (Phi) is 3.46. The standard InChI is InChI=1S/C14H17NO4/c1-8-4-11(5-9(2)13(8)19-3)15-7-10(14(17)18)6-12(15)16/h4-5,10H,6-7H2,1-3H3,(H,17,18)/t10-/m1/s1. The number of benzene rings is 1. The number of ether oxygens (including phenoxy) is 1. The number of carbonyl (C=O) groups is 2. The lowest BCUT2D eigenvalue weighted by Gasteiger charge is -2.19. The number of hydrogen-bond acceptors (Lipinski definition) is 3. The molecule has 2 rings (SSSR count). The van der Waals surface area contributed by atoms with Crippen LogP contribution in [0.4, 0.5) is 5.69 Å². The quantitative estimate of drug-likeness (QED) is 0.902. The highest BCUT2D eigenvalue weighted by Gasteiger charge is 2.35. The summed E-state index contributed by atoms with van der Waals surface area (Å²) in [7, 11) is 1.61. The van der Waals surface area contributed by atoms with Crippen LogP contribution in [-0.4, -0.2) is 30.6 Å². The number of anilines is 1. The van der Waals surface area contributed by atoms with Gasteiger partial charge in [0, 0.05) is 18.7 Å². The van der Waals surface area contributed by atoms with Crippen molar-refractivity contribution in [3.05, 3.63) is 23.3 Å². The van der Waals surface area contributed by atoms with Crippen molar-refractivity contribution in [3.8, 4) is 5.75 Å². The van der Waals surface area contributed by atoms with Crippen LogP contribution in [0.25, 0.3) is 0 Å². The minimum Gasteiger partial charge on any atom is -0.496 e. The highest BCUT2D eigenvalue weighted by molar-refractivity contribution is 5.99. The molecule has 1 N–H and O–H groups in total. The van der Waals surface area contributed by atoms with Crippen LogP contribution < -0.4 is 9.64 Å². The van der Waals surface area contributed by atoms with E-state index in [0.717, 1.165) is 22.6 Å². The molecule has 1 aliphatic heterocycles. The third kappa shape index (κ3) is 2.41. The number of nitrogens with zero attached hydrogens (tertiary/aromatic N) is 1. The number of amides is 1. The molecule has 102 valence electrons. The molecule has 1 atom stereocenters. The first-order chi connectivity index (χ1) is 8.93. The number of aryl methyl sites for hydroxylation is 2. The van der Waals surface area contributed by atoms with Gasteiger partial charge >= 0.3 is 5.97 Å². The van der Waals surface area contributed by atoms with Gasteiger partial charge in [-0.15, -0.1) is 0 Å². The number of carboxylic acid groups (broad SMARTS) is 1. The maximum Gasteiger partial charge on any atom is 0.308 e. The van der Waals surface area contributed by atoms with Gasteiger partial charge in [-0.2, -0.15) is 0 Å². The van der Waals surface area contributed by atoms with Crippen molar-refractivity contribution in [1.29, 1.82) is 0 Å². The van der Waals surface area contributed by atoms with Crippen molar-refractivity contribution >= 4 is 17.6 Å². The Morgan fingerprint density at radius 2 is 1.95 bits per heavy atom. The van der Waals surface area contributed by atoms with E-state index in [-0.39, 0.29) is 18.9 Å². The van der Waals surface area contributed by atoms with Gasteiger partial charge in [0.25, 0.3) is 0 Å². The van der Waals surface area contributed by atoms with Gasteiger partial charge in [0.1, 0.15) is 5.75 Å². The number of carboxylic acids is 1. The van der Waals surface area contributed by atoms with Crippen LogP contribution in [0.2, 0.25) is 0 Å². The SMILES string of the molecule is COc1c(C)cc(N2C[C@H](C(=O)O)CC2=O)cc1C. The highest BCUT2D eigenvalue weighted by atomic mass is 16.5. The molecule has 5 heteroatoms. The molecule has 0 unspecified atom stereocenters. The molecule has 0 saturated carbocycles. The first kappa shape index (κ1) is 13.4. The Balaban J connectivity index is 2.33. The van der Waals surface area contributed by atoms with E-state index in [1.54, 1.807) is 7.11 Å². The van der Waals surface area contributed by atoms with Gasteiger partial charge in [-0.05, 0) is 37.1 Å². The van der Waals surface area contributed by atoms with Crippen LogP contribution in [0.1, 0.15) is 17.5 Å². The van der Waals surface area contributed by atoms with E-state index in [1.165, 1.54) is 4.90 Å². The van der Waals surface area contributed by atoms with E-state index in [9.17, 15) is 9.59 Å². The largest absolute Gasteiger partial charge is 0.496 e. The Hall–Kier alpha value is -2.04. The second-order valence-electron chi connectivity index (χ2n) is 4.86. The summed E-state index contributed by atoms with van der Waals surface area (Å²) in [5, 5.41) is 8.99. The molecule has 0 aliphatic carbocycles. The lowest BCUT2D eigenvalue weighted by Crippen LogP contribution is -2.26. The zero-order valence-electron chi connectivity index (χ0n) is 11.3. The molecule has 5 nitrogen and oxygen atoms in total. The van der Waals surface area contributed by atoms with Crippen molar-refractivity contribution in [2.45, 2.75) is 20.3 Å². The molecule has 1 fully saturated rings. The lowest BCUT2D eigenvalue weighted by molar-refractivity contribution is -0.141. The molecule has 1 heterocycles. The van der Waals surface area contributed by atoms with Crippen molar-refractivity contribution in [2.75, 3.05) is 18.6 Å². The lowest BCUT2D eigenvalue weighted by atomic mass is 10.1. The smallest absolute Gasteiger partial charge is 0.308 e. The number of aliphatic carboxylic acids is 1. The second kappa shape index (κ2) is 4.91. The summed E-state index contributed by atoms with van der Waals surface area (Å²) in [6.45, 7) is 4.05. The summed E-state index contributed by atoms with van der Waals surface area (Å²) in [6, 6.07) is 3.71. The third-order valence-corrected chi connectivity index (χ3v) is 3.44. The van der Waals surface area contributed by atoms with E-state index in [1.807, 2.05) is 26.0 Å². The highest BCUT2D eigenvalue weighted by Crippen LogP contribution is 2.32. The van der Waals surface area contributed by atoms with Gasteiger partial charge in [0.05, 0.1) is 13.0 Å². The molecule has 1 aromatic carbocycles. The fraction of sp³-hybridized carbons (Fsp3) is 0.429. The molecule has 1 aliphatic rings. The Bertz CT molecular complexity index is 515. The van der Waals surface area contributed by atoms with Gasteiger partial charge in [0.2, 0.25) is 5.91 Å². The van der Waals surface area contributed by atoms with Crippen molar-refractivity contribution in [1.82, 2.24) is 0 Å². The molecule has 0 bridgehead atoms. The van der Waals surface area contributed by atoms with E-state index in [4.69, 9.17) is 9.84 Å². The van der Waals surface area contributed by atoms with Gasteiger partial charge in [-0.25, -0.2) is 0 Å². The Morgan fingerprint density at radius 3 is 2.37 bits per heavy atom. The second-order valence-corrected chi connectivity index (χ2v) is 4.86. The molecule has 1 saturated heterocycles. The van der Waals surface area contributed by atoms with Gasteiger partial charge in [-0.3, -0.25) is 9.59 Å². The predicted molar refractivity (Wildman–Crippen MR) is 70.6 cm³/mol. The van der Waals surface area contributed by atoms with Crippen LogP contribution in [-0.2, 0) is 9.59 Å². The molecule has 0 spiro atoms. The van der Waals surface area contributed by atoms with Crippen LogP contribution in [0, 0.1) is 19.8 Å². The molecule has 19 heavy (non-hydrogen) atoms. The van der Waals surface area contributed by atoms with Crippen molar-refractivity contribution < 1.29 is 19.4 Å². The van der Waals surface area contributed by atoms with Crippen molar-refractivity contribution in [2.24, 2.45) is 5.92 Å². The molecule has 0 radical (unpaired) electrons. The summed E-state index contributed by atoms with van der Waals surface area (Å²) in [4.78, 5) is 24.4. The molecular formula is C14H17NO4. The number of carbonyl (C=O) groups excluding carboxylic acids is 1. The summed E-state index contributed by atoms with van der Waals surface area (Å²) in [5.74, 6) is -0.880. The zero-order chi connectivity index (χ0) is 14.2. The molecule has 1 amide bonds. The minimum absolute atomic E-state index is 0.0689. The zero-order valence-corrected chi connectivity index (χ0v) is 11.3. The summed E-state index contributed by atoms with van der Waals surface area (Å²) >= 11 is 0. The van der Waals surface area contributed by atoms with Crippen LogP contribution in [0.3, 0.4) is 0 Å². The minimum atomic E-state index is -0.919. The fourth-order valence-corrected chi connectivity index (χ4v) is 2.53. The van der Waals surface area contributed by atoms with Crippen molar-refractivity contribution in [3.63, 3.8) is 0 Å². The monoisotopic (exact) mass is 263 g/mol. The van der Waals surface area contributed by atoms with E-state index < -0.39 is 11.9 Å². The van der Waals surface area contributed by atoms with Crippen LogP contribution in [0.5, 0.6) is 5.75 Å². The molecule has 1 aromatic rings. The third-order valence-electron chi connectivity index (χ3n) is 3.44. The number of methoxy groups -OCH3 is 1. The van der Waals surface area contributed by atoms with E-state index in [0.29, 0.717) is 0 Å². The van der Waals surface area contributed by atoms with Crippen LogP contribution in [0.15, 0.2) is 12.1 Å². The van der Waals surface area contributed by atoms with Gasteiger partial charge in [-0.1, -0.05) is 0 Å². The topological polar surface area (TPSA) is 66.8 Å². The maximum absolute atomic E-state index is 11.9. The first-order valence-electron chi connectivity index (χ1n) is 6.12. The summed E-state index contributed by atoms with van der Waals surface area (Å²) in [6.07, 6.45) is 0.0689.